The number of hydrogen-bond donors (Lipinski definition) is 1. The van der Waals surface area contributed by atoms with Crippen molar-refractivity contribution < 1.29 is 9.21 Å². The molecule has 4 rings (SSSR count). The molecule has 0 aliphatic carbocycles. The molecular weight excluding hydrogens is 302 g/mol. The zero-order chi connectivity index (χ0) is 16.4. The molecule has 2 atom stereocenters. The van der Waals surface area contributed by atoms with E-state index in [9.17, 15) is 4.79 Å². The summed E-state index contributed by atoms with van der Waals surface area (Å²) in [5.74, 6) is 2.21. The molecule has 5 nitrogen and oxygen atoms in total. The molecule has 0 bridgehead atoms. The molecule has 126 valence electrons. The molecule has 2 fully saturated rings. The number of likely N-dealkylation sites (tertiary alicyclic amines) is 1. The number of hydrogen-bond acceptors (Lipinski definition) is 4. The highest BCUT2D eigenvalue weighted by Crippen LogP contribution is 2.27. The van der Waals surface area contributed by atoms with Crippen molar-refractivity contribution in [1.82, 2.24) is 15.2 Å². The molecule has 1 N–H and O–H groups in total. The summed E-state index contributed by atoms with van der Waals surface area (Å²) in [6, 6.07) is 9.78. The summed E-state index contributed by atoms with van der Waals surface area (Å²) in [4.78, 5) is 19.1. The summed E-state index contributed by atoms with van der Waals surface area (Å²) in [6.07, 6.45) is 4.15. The summed E-state index contributed by atoms with van der Waals surface area (Å²) >= 11 is 0. The summed E-state index contributed by atoms with van der Waals surface area (Å²) in [5, 5.41) is 3.47. The zero-order valence-electron chi connectivity index (χ0n) is 13.8. The average molecular weight is 325 g/mol. The van der Waals surface area contributed by atoms with Crippen LogP contribution in [0, 0.1) is 11.8 Å². The zero-order valence-corrected chi connectivity index (χ0v) is 13.8. The third-order valence-corrected chi connectivity index (χ3v) is 5.28. The first-order valence-corrected chi connectivity index (χ1v) is 8.78. The molecule has 0 unspecified atom stereocenters. The number of carbonyl (C=O) groups is 1. The molecule has 0 saturated carbocycles. The van der Waals surface area contributed by atoms with Crippen LogP contribution in [0.5, 0.6) is 0 Å². The maximum absolute atomic E-state index is 12.6. The van der Waals surface area contributed by atoms with Gasteiger partial charge in [-0.25, -0.2) is 4.98 Å². The van der Waals surface area contributed by atoms with E-state index in [4.69, 9.17) is 4.42 Å². The molecule has 2 aromatic rings. The number of aromatic nitrogens is 1. The van der Waals surface area contributed by atoms with E-state index in [1.54, 1.807) is 6.26 Å². The van der Waals surface area contributed by atoms with Gasteiger partial charge in [0.1, 0.15) is 6.26 Å². The van der Waals surface area contributed by atoms with Crippen LogP contribution in [0.4, 0.5) is 0 Å². The largest absolute Gasteiger partial charge is 0.444 e. The Labute approximate surface area is 142 Å². The Morgan fingerprint density at radius 3 is 2.58 bits per heavy atom. The highest BCUT2D eigenvalue weighted by Gasteiger charge is 2.31. The molecule has 5 heteroatoms. The van der Waals surface area contributed by atoms with Crippen molar-refractivity contribution in [3.05, 3.63) is 42.3 Å². The average Bonchev–Trinajstić information content (AvgIpc) is 3.21. The number of nitrogens with zero attached hydrogens (tertiary/aromatic N) is 2. The van der Waals surface area contributed by atoms with Gasteiger partial charge in [0.2, 0.25) is 11.8 Å². The van der Waals surface area contributed by atoms with Gasteiger partial charge in [-0.05, 0) is 49.9 Å². The molecule has 0 radical (unpaired) electrons. The fraction of sp³-hybridized carbons (Fsp3) is 0.474. The lowest BCUT2D eigenvalue weighted by Crippen LogP contribution is -2.34. The second-order valence-corrected chi connectivity index (χ2v) is 6.82. The first kappa shape index (κ1) is 15.4. The molecule has 1 amide bonds. The lowest BCUT2D eigenvalue weighted by molar-refractivity contribution is -0.130. The maximum Gasteiger partial charge on any atom is 0.228 e. The molecule has 24 heavy (non-hydrogen) atoms. The van der Waals surface area contributed by atoms with E-state index in [0.29, 0.717) is 18.0 Å². The lowest BCUT2D eigenvalue weighted by atomic mass is 9.92. The Bertz CT molecular complexity index is 684. The molecule has 2 aliphatic rings. The van der Waals surface area contributed by atoms with Crippen molar-refractivity contribution in [3.63, 3.8) is 0 Å². The maximum atomic E-state index is 12.6. The van der Waals surface area contributed by atoms with Crippen molar-refractivity contribution >= 4 is 5.91 Å². The number of oxazole rings is 1. The Balaban J connectivity index is 1.38. The molecule has 3 heterocycles. The van der Waals surface area contributed by atoms with E-state index in [2.05, 4.69) is 10.3 Å². The van der Waals surface area contributed by atoms with Gasteiger partial charge in [0.25, 0.3) is 0 Å². The third-order valence-electron chi connectivity index (χ3n) is 5.28. The van der Waals surface area contributed by atoms with Crippen LogP contribution in [0.15, 0.2) is 41.0 Å². The minimum Gasteiger partial charge on any atom is -0.444 e. The third kappa shape index (κ3) is 3.22. The molecular formula is C19H23N3O2. The van der Waals surface area contributed by atoms with Crippen LogP contribution in [0.2, 0.25) is 0 Å². The second-order valence-electron chi connectivity index (χ2n) is 6.82. The standard InChI is InChI=1S/C19H23N3O2/c23-18(22-8-6-15-11-20-12-16(15)7-9-22)10-17-13-24-19(21-17)14-4-2-1-3-5-14/h1-5,13,15-16,20H,6-12H2/t15-,16+. The van der Waals surface area contributed by atoms with Crippen LogP contribution in [0.25, 0.3) is 11.5 Å². The number of carbonyl (C=O) groups excluding carboxylic acids is 1. The fourth-order valence-electron chi connectivity index (χ4n) is 3.84. The summed E-state index contributed by atoms with van der Waals surface area (Å²) in [7, 11) is 0. The lowest BCUT2D eigenvalue weighted by Gasteiger charge is -2.20. The van der Waals surface area contributed by atoms with E-state index in [1.165, 1.54) is 0 Å². The Morgan fingerprint density at radius 1 is 1.17 bits per heavy atom. The predicted octanol–water partition coefficient (Wildman–Crippen LogP) is 2.34. The van der Waals surface area contributed by atoms with Crippen molar-refractivity contribution in [2.24, 2.45) is 11.8 Å². The minimum absolute atomic E-state index is 0.163. The molecule has 2 saturated heterocycles. The quantitative estimate of drug-likeness (QED) is 0.941. The van der Waals surface area contributed by atoms with E-state index >= 15 is 0 Å². The van der Waals surface area contributed by atoms with Gasteiger partial charge in [0.15, 0.2) is 0 Å². The van der Waals surface area contributed by atoms with E-state index < -0.39 is 0 Å². The predicted molar refractivity (Wildman–Crippen MR) is 91.3 cm³/mol. The van der Waals surface area contributed by atoms with Crippen molar-refractivity contribution in [2.45, 2.75) is 19.3 Å². The van der Waals surface area contributed by atoms with Crippen molar-refractivity contribution in [1.29, 1.82) is 0 Å². The monoisotopic (exact) mass is 325 g/mol. The number of fused-ring (bicyclic) bond motifs is 1. The molecule has 2 aliphatic heterocycles. The van der Waals surface area contributed by atoms with Crippen LogP contribution in [-0.2, 0) is 11.2 Å². The number of benzene rings is 1. The van der Waals surface area contributed by atoms with Crippen LogP contribution in [0.3, 0.4) is 0 Å². The van der Waals surface area contributed by atoms with Gasteiger partial charge in [-0.1, -0.05) is 18.2 Å². The van der Waals surface area contributed by atoms with Gasteiger partial charge < -0.3 is 14.6 Å². The van der Waals surface area contributed by atoms with Gasteiger partial charge in [-0.15, -0.1) is 0 Å². The van der Waals surface area contributed by atoms with Gasteiger partial charge in [-0.2, -0.15) is 0 Å². The first-order valence-electron chi connectivity index (χ1n) is 8.78. The van der Waals surface area contributed by atoms with E-state index in [1.807, 2.05) is 35.2 Å². The molecule has 0 spiro atoms. The van der Waals surface area contributed by atoms with Crippen LogP contribution in [-0.4, -0.2) is 42.0 Å². The minimum atomic E-state index is 0.163. The van der Waals surface area contributed by atoms with E-state index in [-0.39, 0.29) is 5.91 Å². The number of rotatable bonds is 3. The highest BCUT2D eigenvalue weighted by atomic mass is 16.3. The fourth-order valence-corrected chi connectivity index (χ4v) is 3.84. The normalized spacial score (nSPS) is 23.8. The molecule has 1 aromatic carbocycles. The summed E-state index contributed by atoms with van der Waals surface area (Å²) in [5.41, 5.74) is 1.65. The van der Waals surface area contributed by atoms with Gasteiger partial charge in [-0.3, -0.25) is 4.79 Å². The summed E-state index contributed by atoms with van der Waals surface area (Å²) < 4.78 is 5.53. The highest BCUT2D eigenvalue weighted by molar-refractivity contribution is 5.78. The van der Waals surface area contributed by atoms with Crippen LogP contribution < -0.4 is 5.32 Å². The van der Waals surface area contributed by atoms with Gasteiger partial charge >= 0.3 is 0 Å². The topological polar surface area (TPSA) is 58.4 Å². The molecule has 1 aromatic heterocycles. The van der Waals surface area contributed by atoms with E-state index in [0.717, 1.165) is 56.4 Å². The number of nitrogens with one attached hydrogen (secondary N) is 1. The Morgan fingerprint density at radius 2 is 1.88 bits per heavy atom. The van der Waals surface area contributed by atoms with Crippen molar-refractivity contribution in [3.8, 4) is 11.5 Å². The summed E-state index contributed by atoms with van der Waals surface area (Å²) in [6.45, 7) is 3.95. The van der Waals surface area contributed by atoms with Crippen molar-refractivity contribution in [2.75, 3.05) is 26.2 Å². The Kier molecular flexibility index (Phi) is 4.34. The van der Waals surface area contributed by atoms with Crippen LogP contribution >= 0.6 is 0 Å². The SMILES string of the molecule is O=C(Cc1coc(-c2ccccc2)n1)N1CC[C@@H]2CNC[C@@H]2CC1. The first-order chi connectivity index (χ1) is 11.8. The second kappa shape index (κ2) is 6.77. The smallest absolute Gasteiger partial charge is 0.228 e. The Hall–Kier alpha value is -2.14. The van der Waals surface area contributed by atoms with Gasteiger partial charge in [0.05, 0.1) is 12.1 Å². The number of amides is 1. The van der Waals surface area contributed by atoms with Gasteiger partial charge in [0, 0.05) is 18.7 Å². The van der Waals surface area contributed by atoms with Crippen LogP contribution in [0.1, 0.15) is 18.5 Å².